The van der Waals surface area contributed by atoms with Crippen molar-refractivity contribution < 1.29 is 14.6 Å². The molecule has 96 valence electrons. The molecule has 0 saturated heterocycles. The third kappa shape index (κ3) is 3.30. The standard InChI is InChI=1S/C15H18O3/c16-10-9-12-7-4-8-14(12)11-18-15(17)13-5-2-1-3-6-13/h1-3,5-6,9,12,14-15,17H,4,7-8,11H2. The number of benzene rings is 1. The van der Waals surface area contributed by atoms with Gasteiger partial charge in [0.25, 0.3) is 0 Å². The molecule has 0 aromatic heterocycles. The molecular formula is C15H18O3. The Morgan fingerprint density at radius 3 is 2.89 bits per heavy atom. The molecule has 1 aromatic rings. The molecule has 0 spiro atoms. The van der Waals surface area contributed by atoms with E-state index in [0.29, 0.717) is 12.5 Å². The van der Waals surface area contributed by atoms with Crippen LogP contribution < -0.4 is 0 Å². The minimum atomic E-state index is -0.882. The number of ether oxygens (including phenoxy) is 1. The van der Waals surface area contributed by atoms with Crippen molar-refractivity contribution in [3.63, 3.8) is 0 Å². The van der Waals surface area contributed by atoms with Crippen LogP contribution in [0.15, 0.2) is 36.4 Å². The first-order valence-corrected chi connectivity index (χ1v) is 6.37. The van der Waals surface area contributed by atoms with Crippen molar-refractivity contribution in [1.29, 1.82) is 0 Å². The molecule has 1 saturated carbocycles. The van der Waals surface area contributed by atoms with Crippen LogP contribution in [0.1, 0.15) is 31.1 Å². The molecule has 18 heavy (non-hydrogen) atoms. The Bertz CT molecular complexity index is 409. The van der Waals surface area contributed by atoms with E-state index in [4.69, 9.17) is 4.74 Å². The minimum Gasteiger partial charge on any atom is -0.364 e. The summed E-state index contributed by atoms with van der Waals surface area (Å²) in [6, 6.07) is 9.31. The van der Waals surface area contributed by atoms with Crippen molar-refractivity contribution in [2.75, 3.05) is 6.61 Å². The summed E-state index contributed by atoms with van der Waals surface area (Å²) in [6.45, 7) is 0.485. The van der Waals surface area contributed by atoms with E-state index in [1.54, 1.807) is 6.08 Å². The summed E-state index contributed by atoms with van der Waals surface area (Å²) in [5.41, 5.74) is 0.762. The normalized spacial score (nSPS) is 24.5. The second kappa shape index (κ2) is 6.50. The van der Waals surface area contributed by atoms with E-state index in [2.05, 4.69) is 0 Å². The van der Waals surface area contributed by atoms with Gasteiger partial charge in [-0.15, -0.1) is 0 Å². The smallest absolute Gasteiger partial charge is 0.181 e. The molecule has 1 aromatic carbocycles. The zero-order chi connectivity index (χ0) is 12.8. The van der Waals surface area contributed by atoms with Gasteiger partial charge < -0.3 is 9.84 Å². The van der Waals surface area contributed by atoms with E-state index in [-0.39, 0.29) is 5.92 Å². The maximum Gasteiger partial charge on any atom is 0.181 e. The molecule has 1 N–H and O–H groups in total. The van der Waals surface area contributed by atoms with Gasteiger partial charge in [-0.1, -0.05) is 36.8 Å². The average molecular weight is 246 g/mol. The highest BCUT2D eigenvalue weighted by Gasteiger charge is 2.26. The van der Waals surface area contributed by atoms with Gasteiger partial charge in [-0.05, 0) is 24.7 Å². The zero-order valence-electron chi connectivity index (χ0n) is 10.3. The average Bonchev–Trinajstić information content (AvgIpc) is 2.85. The van der Waals surface area contributed by atoms with Crippen LogP contribution in [-0.4, -0.2) is 17.7 Å². The van der Waals surface area contributed by atoms with E-state index in [0.717, 1.165) is 24.8 Å². The van der Waals surface area contributed by atoms with Crippen LogP contribution in [0.2, 0.25) is 0 Å². The minimum absolute atomic E-state index is 0.255. The zero-order valence-corrected chi connectivity index (χ0v) is 10.3. The fourth-order valence-corrected chi connectivity index (χ4v) is 2.51. The van der Waals surface area contributed by atoms with Crippen LogP contribution in [0.25, 0.3) is 0 Å². The van der Waals surface area contributed by atoms with Crippen molar-refractivity contribution in [2.45, 2.75) is 25.6 Å². The number of hydrogen-bond acceptors (Lipinski definition) is 3. The fraction of sp³-hybridized carbons (Fsp3) is 0.467. The van der Waals surface area contributed by atoms with Gasteiger partial charge in [-0.2, -0.15) is 0 Å². The van der Waals surface area contributed by atoms with Crippen LogP contribution in [0.5, 0.6) is 0 Å². The summed E-state index contributed by atoms with van der Waals surface area (Å²) in [7, 11) is 0. The highest BCUT2D eigenvalue weighted by Crippen LogP contribution is 2.33. The van der Waals surface area contributed by atoms with Gasteiger partial charge in [0.15, 0.2) is 6.29 Å². The molecule has 0 heterocycles. The van der Waals surface area contributed by atoms with Crippen LogP contribution >= 0.6 is 0 Å². The van der Waals surface area contributed by atoms with Crippen molar-refractivity contribution in [2.24, 2.45) is 11.8 Å². The molecule has 0 amide bonds. The molecular weight excluding hydrogens is 228 g/mol. The largest absolute Gasteiger partial charge is 0.364 e. The first-order valence-electron chi connectivity index (χ1n) is 6.37. The summed E-state index contributed by atoms with van der Waals surface area (Å²) < 4.78 is 5.49. The molecule has 1 aliphatic carbocycles. The van der Waals surface area contributed by atoms with Crippen molar-refractivity contribution >= 4 is 5.94 Å². The van der Waals surface area contributed by atoms with Crippen LogP contribution in [0.4, 0.5) is 0 Å². The monoisotopic (exact) mass is 246 g/mol. The lowest BCUT2D eigenvalue weighted by Crippen LogP contribution is -2.15. The Morgan fingerprint density at radius 1 is 1.39 bits per heavy atom. The van der Waals surface area contributed by atoms with E-state index in [1.165, 1.54) is 0 Å². The number of hydrogen-bond donors (Lipinski definition) is 1. The Hall–Kier alpha value is -1.41. The van der Waals surface area contributed by atoms with E-state index in [9.17, 15) is 9.90 Å². The number of aliphatic hydroxyl groups is 1. The molecule has 2 rings (SSSR count). The van der Waals surface area contributed by atoms with Crippen LogP contribution in [-0.2, 0) is 9.53 Å². The molecule has 0 radical (unpaired) electrons. The Kier molecular flexibility index (Phi) is 4.71. The van der Waals surface area contributed by atoms with Gasteiger partial charge in [0.1, 0.15) is 5.94 Å². The molecule has 3 heteroatoms. The number of rotatable bonds is 5. The summed E-state index contributed by atoms with van der Waals surface area (Å²) in [5.74, 6) is 2.44. The summed E-state index contributed by atoms with van der Waals surface area (Å²) >= 11 is 0. The van der Waals surface area contributed by atoms with E-state index in [1.807, 2.05) is 36.3 Å². The number of aliphatic hydroxyl groups excluding tert-OH is 1. The topological polar surface area (TPSA) is 46.5 Å². The molecule has 3 nitrogen and oxygen atoms in total. The molecule has 0 bridgehead atoms. The molecule has 0 aliphatic heterocycles. The second-order valence-electron chi connectivity index (χ2n) is 4.74. The van der Waals surface area contributed by atoms with Gasteiger partial charge >= 0.3 is 0 Å². The lowest BCUT2D eigenvalue weighted by atomic mass is 9.97. The van der Waals surface area contributed by atoms with Crippen LogP contribution in [0, 0.1) is 11.8 Å². The predicted molar refractivity (Wildman–Crippen MR) is 68.4 cm³/mol. The summed E-state index contributed by atoms with van der Waals surface area (Å²) in [6.07, 6.45) is 3.89. The highest BCUT2D eigenvalue weighted by atomic mass is 16.6. The van der Waals surface area contributed by atoms with Gasteiger partial charge in [-0.3, -0.25) is 0 Å². The molecule has 3 atom stereocenters. The van der Waals surface area contributed by atoms with Gasteiger partial charge in [0.05, 0.1) is 6.61 Å². The first kappa shape index (κ1) is 13.0. The SMILES string of the molecule is O=C=CC1CCCC1COC(O)c1ccccc1. The summed E-state index contributed by atoms with van der Waals surface area (Å²) in [4.78, 5) is 10.4. The quantitative estimate of drug-likeness (QED) is 0.641. The predicted octanol–water partition coefficient (Wildman–Crippen LogP) is 2.50. The Balaban J connectivity index is 1.86. The lowest BCUT2D eigenvalue weighted by molar-refractivity contribution is -0.115. The van der Waals surface area contributed by atoms with Crippen molar-refractivity contribution in [1.82, 2.24) is 0 Å². The Morgan fingerprint density at radius 2 is 2.17 bits per heavy atom. The lowest BCUT2D eigenvalue weighted by Gasteiger charge is -2.18. The van der Waals surface area contributed by atoms with Crippen molar-refractivity contribution in [3.05, 3.63) is 42.0 Å². The Labute approximate surface area is 107 Å². The van der Waals surface area contributed by atoms with Crippen molar-refractivity contribution in [3.8, 4) is 0 Å². The molecule has 1 aliphatic rings. The summed E-state index contributed by atoms with van der Waals surface area (Å²) in [5, 5.41) is 9.89. The first-order chi connectivity index (χ1) is 8.81. The molecule has 3 unspecified atom stereocenters. The second-order valence-corrected chi connectivity index (χ2v) is 4.74. The van der Waals surface area contributed by atoms with Gasteiger partial charge in [0, 0.05) is 11.6 Å². The maximum atomic E-state index is 10.4. The van der Waals surface area contributed by atoms with Gasteiger partial charge in [0.2, 0.25) is 0 Å². The third-order valence-corrected chi connectivity index (χ3v) is 3.55. The van der Waals surface area contributed by atoms with E-state index < -0.39 is 6.29 Å². The molecule has 1 fully saturated rings. The van der Waals surface area contributed by atoms with Crippen LogP contribution in [0.3, 0.4) is 0 Å². The third-order valence-electron chi connectivity index (χ3n) is 3.55. The highest BCUT2D eigenvalue weighted by molar-refractivity contribution is 5.45. The van der Waals surface area contributed by atoms with Gasteiger partial charge in [-0.25, -0.2) is 4.79 Å². The maximum absolute atomic E-state index is 10.4. The van der Waals surface area contributed by atoms with E-state index >= 15 is 0 Å². The number of carbonyl (C=O) groups excluding carboxylic acids is 1. The fourth-order valence-electron chi connectivity index (χ4n) is 2.51. The number of allylic oxidation sites excluding steroid dienone is 1.